The molecule has 0 aliphatic rings. The van der Waals surface area contributed by atoms with E-state index in [1.807, 2.05) is 18.2 Å². The van der Waals surface area contributed by atoms with E-state index in [1.54, 1.807) is 11.3 Å². The van der Waals surface area contributed by atoms with Gasteiger partial charge in [0.1, 0.15) is 0 Å². The minimum Gasteiger partial charge on any atom is -0.330 e. The van der Waals surface area contributed by atoms with Crippen LogP contribution in [0.4, 0.5) is 0 Å². The van der Waals surface area contributed by atoms with Crippen molar-refractivity contribution in [3.05, 3.63) is 28.2 Å². The molecule has 2 rings (SSSR count). The SMILES string of the molecule is CC(C)(C)CC(CN)c1nc2cc(Cl)ccc2s1. The maximum absolute atomic E-state index is 5.99. The number of thiazole rings is 1. The Bertz CT molecular complexity index is 542. The van der Waals surface area contributed by atoms with E-state index in [9.17, 15) is 0 Å². The van der Waals surface area contributed by atoms with Crippen molar-refractivity contribution < 1.29 is 0 Å². The van der Waals surface area contributed by atoms with Crippen LogP contribution in [0.15, 0.2) is 18.2 Å². The molecule has 18 heavy (non-hydrogen) atoms. The van der Waals surface area contributed by atoms with Crippen LogP contribution in [0.5, 0.6) is 0 Å². The summed E-state index contributed by atoms with van der Waals surface area (Å²) in [7, 11) is 0. The Morgan fingerprint density at radius 3 is 2.72 bits per heavy atom. The van der Waals surface area contributed by atoms with E-state index < -0.39 is 0 Å². The topological polar surface area (TPSA) is 38.9 Å². The second kappa shape index (κ2) is 5.16. The average molecular weight is 283 g/mol. The lowest BCUT2D eigenvalue weighted by Gasteiger charge is -2.23. The highest BCUT2D eigenvalue weighted by Crippen LogP contribution is 2.35. The third-order valence-corrected chi connectivity index (χ3v) is 4.29. The lowest BCUT2D eigenvalue weighted by molar-refractivity contribution is 0.341. The van der Waals surface area contributed by atoms with Gasteiger partial charge in [0.15, 0.2) is 0 Å². The molecule has 0 saturated carbocycles. The van der Waals surface area contributed by atoms with E-state index >= 15 is 0 Å². The third kappa shape index (κ3) is 3.22. The van der Waals surface area contributed by atoms with Gasteiger partial charge in [-0.3, -0.25) is 0 Å². The van der Waals surface area contributed by atoms with Crippen LogP contribution >= 0.6 is 22.9 Å². The fourth-order valence-corrected chi connectivity index (χ4v) is 3.33. The molecule has 0 saturated heterocycles. The molecule has 2 N–H and O–H groups in total. The summed E-state index contributed by atoms with van der Waals surface area (Å²) in [4.78, 5) is 4.68. The van der Waals surface area contributed by atoms with Gasteiger partial charge in [-0.15, -0.1) is 11.3 Å². The summed E-state index contributed by atoms with van der Waals surface area (Å²) in [6, 6.07) is 5.86. The van der Waals surface area contributed by atoms with E-state index in [-0.39, 0.29) is 5.41 Å². The van der Waals surface area contributed by atoms with Crippen LogP contribution < -0.4 is 5.73 Å². The molecule has 4 heteroatoms. The number of nitrogens with two attached hydrogens (primary N) is 1. The zero-order chi connectivity index (χ0) is 13.3. The number of benzene rings is 1. The molecule has 1 aromatic carbocycles. The zero-order valence-corrected chi connectivity index (χ0v) is 12.6. The number of hydrogen-bond acceptors (Lipinski definition) is 3. The van der Waals surface area contributed by atoms with Gasteiger partial charge in [0, 0.05) is 17.5 Å². The summed E-state index contributed by atoms with van der Waals surface area (Å²) in [5.41, 5.74) is 7.15. The fraction of sp³-hybridized carbons (Fsp3) is 0.500. The monoisotopic (exact) mass is 282 g/mol. The third-order valence-electron chi connectivity index (χ3n) is 2.86. The number of nitrogens with zero attached hydrogens (tertiary/aromatic N) is 1. The second-order valence-electron chi connectivity index (χ2n) is 5.86. The highest BCUT2D eigenvalue weighted by atomic mass is 35.5. The molecule has 0 aliphatic heterocycles. The molecule has 1 heterocycles. The Hall–Kier alpha value is -0.640. The van der Waals surface area contributed by atoms with Crippen molar-refractivity contribution in [2.24, 2.45) is 11.1 Å². The fourth-order valence-electron chi connectivity index (χ4n) is 2.10. The summed E-state index contributed by atoms with van der Waals surface area (Å²) in [6.07, 6.45) is 1.05. The van der Waals surface area contributed by atoms with Crippen LogP contribution in [-0.2, 0) is 0 Å². The van der Waals surface area contributed by atoms with Gasteiger partial charge in [-0.2, -0.15) is 0 Å². The van der Waals surface area contributed by atoms with E-state index in [0.29, 0.717) is 12.5 Å². The van der Waals surface area contributed by atoms with Crippen molar-refractivity contribution >= 4 is 33.2 Å². The molecule has 2 nitrogen and oxygen atoms in total. The largest absolute Gasteiger partial charge is 0.330 e. The predicted molar refractivity (Wildman–Crippen MR) is 80.5 cm³/mol. The molecular formula is C14H19ClN2S. The van der Waals surface area contributed by atoms with Gasteiger partial charge in [-0.05, 0) is 30.0 Å². The van der Waals surface area contributed by atoms with Crippen LogP contribution in [-0.4, -0.2) is 11.5 Å². The Balaban J connectivity index is 2.34. The van der Waals surface area contributed by atoms with Crippen LogP contribution in [0.1, 0.15) is 38.1 Å². The number of aromatic nitrogens is 1. The van der Waals surface area contributed by atoms with Gasteiger partial charge in [0.25, 0.3) is 0 Å². The average Bonchev–Trinajstić information content (AvgIpc) is 2.67. The Morgan fingerprint density at radius 2 is 2.11 bits per heavy atom. The smallest absolute Gasteiger partial charge is 0.0982 e. The van der Waals surface area contributed by atoms with Crippen LogP contribution in [0, 0.1) is 5.41 Å². The van der Waals surface area contributed by atoms with Gasteiger partial charge < -0.3 is 5.73 Å². The second-order valence-corrected chi connectivity index (χ2v) is 7.36. The molecule has 2 aromatic rings. The molecule has 1 unspecified atom stereocenters. The molecule has 1 aromatic heterocycles. The van der Waals surface area contributed by atoms with Gasteiger partial charge in [0.2, 0.25) is 0 Å². The first-order chi connectivity index (χ1) is 8.39. The minimum atomic E-state index is 0.263. The maximum atomic E-state index is 5.99. The first-order valence-corrected chi connectivity index (χ1v) is 7.34. The Labute approximate surface area is 117 Å². The Morgan fingerprint density at radius 1 is 1.39 bits per heavy atom. The maximum Gasteiger partial charge on any atom is 0.0982 e. The summed E-state index contributed by atoms with van der Waals surface area (Å²) in [5, 5.41) is 1.86. The lowest BCUT2D eigenvalue weighted by Crippen LogP contribution is -2.19. The summed E-state index contributed by atoms with van der Waals surface area (Å²) in [5.74, 6) is 0.334. The van der Waals surface area contributed by atoms with Gasteiger partial charge in [-0.1, -0.05) is 32.4 Å². The molecule has 0 amide bonds. The number of rotatable bonds is 3. The quantitative estimate of drug-likeness (QED) is 0.904. The first kappa shape index (κ1) is 13.8. The van der Waals surface area contributed by atoms with E-state index in [1.165, 1.54) is 4.70 Å². The number of halogens is 1. The number of hydrogen-bond donors (Lipinski definition) is 1. The highest BCUT2D eigenvalue weighted by Gasteiger charge is 2.22. The standard InChI is InChI=1S/C14H19ClN2S/c1-14(2,3)7-9(8-16)13-17-11-6-10(15)4-5-12(11)18-13/h4-6,9H,7-8,16H2,1-3H3. The highest BCUT2D eigenvalue weighted by molar-refractivity contribution is 7.18. The predicted octanol–water partition coefficient (Wildman–Crippen LogP) is 4.43. The van der Waals surface area contributed by atoms with E-state index in [0.717, 1.165) is 22.0 Å². The van der Waals surface area contributed by atoms with Crippen molar-refractivity contribution in [3.8, 4) is 0 Å². The van der Waals surface area contributed by atoms with Gasteiger partial charge in [-0.25, -0.2) is 4.98 Å². The zero-order valence-electron chi connectivity index (χ0n) is 11.0. The van der Waals surface area contributed by atoms with Crippen LogP contribution in [0.2, 0.25) is 5.02 Å². The van der Waals surface area contributed by atoms with Crippen molar-refractivity contribution in [1.82, 2.24) is 4.98 Å². The van der Waals surface area contributed by atoms with Crippen molar-refractivity contribution in [2.45, 2.75) is 33.1 Å². The lowest BCUT2D eigenvalue weighted by atomic mass is 9.85. The first-order valence-electron chi connectivity index (χ1n) is 6.15. The van der Waals surface area contributed by atoms with Crippen molar-refractivity contribution in [2.75, 3.05) is 6.54 Å². The van der Waals surface area contributed by atoms with Gasteiger partial charge in [0.05, 0.1) is 15.2 Å². The molecule has 0 aliphatic carbocycles. The molecule has 0 spiro atoms. The van der Waals surface area contributed by atoms with Crippen molar-refractivity contribution in [1.29, 1.82) is 0 Å². The molecule has 98 valence electrons. The molecule has 1 atom stereocenters. The van der Waals surface area contributed by atoms with E-state index in [4.69, 9.17) is 17.3 Å². The Kier molecular flexibility index (Phi) is 3.95. The van der Waals surface area contributed by atoms with E-state index in [2.05, 4.69) is 25.8 Å². The van der Waals surface area contributed by atoms with Gasteiger partial charge >= 0.3 is 0 Å². The van der Waals surface area contributed by atoms with Crippen LogP contribution in [0.3, 0.4) is 0 Å². The molecule has 0 bridgehead atoms. The summed E-state index contributed by atoms with van der Waals surface area (Å²) in [6.45, 7) is 7.35. The molecule has 0 radical (unpaired) electrons. The summed E-state index contributed by atoms with van der Waals surface area (Å²) >= 11 is 7.72. The molecular weight excluding hydrogens is 264 g/mol. The summed E-state index contributed by atoms with van der Waals surface area (Å²) < 4.78 is 1.18. The number of fused-ring (bicyclic) bond motifs is 1. The minimum absolute atomic E-state index is 0.263. The normalized spacial score (nSPS) is 14.1. The van der Waals surface area contributed by atoms with Crippen LogP contribution in [0.25, 0.3) is 10.2 Å². The molecule has 0 fully saturated rings. The van der Waals surface area contributed by atoms with Crippen molar-refractivity contribution in [3.63, 3.8) is 0 Å².